The molecule has 0 saturated carbocycles. The maximum Gasteiger partial charge on any atom is 0.322 e. The van der Waals surface area contributed by atoms with E-state index in [4.69, 9.17) is 28.3 Å². The number of carbonyl (C=O) groups is 2. The van der Waals surface area contributed by atoms with Crippen molar-refractivity contribution in [2.24, 2.45) is 0 Å². The minimum Gasteiger partial charge on any atom is -0.507 e. The molecule has 2 aromatic heterocycles. The van der Waals surface area contributed by atoms with Crippen LogP contribution in [0.15, 0.2) is 30.6 Å². The van der Waals surface area contributed by atoms with E-state index in [1.165, 1.54) is 16.9 Å². The molecule has 0 bridgehead atoms. The van der Waals surface area contributed by atoms with Crippen LogP contribution in [0.4, 0.5) is 0 Å². The molecule has 0 fully saturated rings. The highest BCUT2D eigenvalue weighted by atomic mass is 35.5. The van der Waals surface area contributed by atoms with E-state index in [1.54, 1.807) is 18.2 Å². The van der Waals surface area contributed by atoms with Gasteiger partial charge in [0, 0.05) is 21.7 Å². The number of halogens is 2. The second kappa shape index (κ2) is 6.58. The Kier molecular flexibility index (Phi) is 4.47. The lowest BCUT2D eigenvalue weighted by molar-refractivity contribution is -0.135. The van der Waals surface area contributed by atoms with E-state index >= 15 is 0 Å². The van der Waals surface area contributed by atoms with Crippen LogP contribution in [-0.2, 0) is 4.79 Å². The Bertz CT molecular complexity index is 982. The Morgan fingerprint density at radius 3 is 2.48 bits per heavy atom. The Morgan fingerprint density at radius 1 is 1.16 bits per heavy atom. The maximum atomic E-state index is 12.2. The third-order valence-electron chi connectivity index (χ3n) is 3.31. The molecule has 3 rings (SSSR count). The van der Waals surface area contributed by atoms with Crippen LogP contribution in [0.1, 0.15) is 10.4 Å². The molecule has 0 saturated heterocycles. The number of aromatic nitrogens is 3. The second-order valence-electron chi connectivity index (χ2n) is 5.02. The second-order valence-corrected chi connectivity index (χ2v) is 5.89. The predicted molar refractivity (Wildman–Crippen MR) is 90.1 cm³/mol. The van der Waals surface area contributed by atoms with Crippen molar-refractivity contribution in [2.45, 2.75) is 0 Å². The fourth-order valence-corrected chi connectivity index (χ4v) is 2.86. The zero-order valence-electron chi connectivity index (χ0n) is 12.4. The van der Waals surface area contributed by atoms with Crippen LogP contribution in [0.5, 0.6) is 5.75 Å². The first-order valence-electron chi connectivity index (χ1n) is 6.89. The van der Waals surface area contributed by atoms with Gasteiger partial charge in [-0.15, -0.1) is 0 Å². The van der Waals surface area contributed by atoms with E-state index < -0.39 is 18.4 Å². The molecule has 8 nitrogen and oxygen atoms in total. The summed E-state index contributed by atoms with van der Waals surface area (Å²) in [6.07, 6.45) is 1.21. The summed E-state index contributed by atoms with van der Waals surface area (Å²) in [5.41, 5.74) is 0.842. The number of carboxylic acid groups (broad SMARTS) is 1. The molecule has 2 heterocycles. The van der Waals surface area contributed by atoms with Gasteiger partial charge in [-0.3, -0.25) is 9.59 Å². The molecule has 0 radical (unpaired) electrons. The smallest absolute Gasteiger partial charge is 0.322 e. The van der Waals surface area contributed by atoms with E-state index in [9.17, 15) is 14.7 Å². The van der Waals surface area contributed by atoms with Crippen molar-refractivity contribution < 1.29 is 19.8 Å². The summed E-state index contributed by atoms with van der Waals surface area (Å²) >= 11 is 12.0. The topological polar surface area (TPSA) is 117 Å². The summed E-state index contributed by atoms with van der Waals surface area (Å²) in [4.78, 5) is 26.8. The van der Waals surface area contributed by atoms with Crippen molar-refractivity contribution in [3.05, 3.63) is 46.2 Å². The lowest BCUT2D eigenvalue weighted by atomic mass is 10.1. The van der Waals surface area contributed by atoms with Gasteiger partial charge in [0.15, 0.2) is 5.65 Å². The number of carbonyl (C=O) groups excluding carboxylic acids is 1. The van der Waals surface area contributed by atoms with Gasteiger partial charge >= 0.3 is 5.97 Å². The molecule has 10 heteroatoms. The van der Waals surface area contributed by atoms with Crippen LogP contribution in [0, 0.1) is 0 Å². The fraction of sp³-hybridized carbons (Fsp3) is 0.0667. The molecule has 0 aliphatic rings. The summed E-state index contributed by atoms with van der Waals surface area (Å²) < 4.78 is 1.33. The van der Waals surface area contributed by atoms with Gasteiger partial charge in [0.05, 0.1) is 5.69 Å². The van der Waals surface area contributed by atoms with E-state index in [0.717, 1.165) is 0 Å². The highest BCUT2D eigenvalue weighted by molar-refractivity contribution is 6.35. The van der Waals surface area contributed by atoms with Crippen molar-refractivity contribution in [2.75, 3.05) is 6.54 Å². The number of pyridine rings is 1. The minimum atomic E-state index is -1.21. The number of amides is 1. The number of hydrogen-bond acceptors (Lipinski definition) is 5. The Morgan fingerprint density at radius 2 is 1.84 bits per heavy atom. The monoisotopic (exact) mass is 380 g/mol. The Labute approximate surface area is 150 Å². The number of nitrogens with one attached hydrogen (secondary N) is 1. The van der Waals surface area contributed by atoms with Gasteiger partial charge < -0.3 is 15.5 Å². The summed E-state index contributed by atoms with van der Waals surface area (Å²) in [5, 5.41) is 25.9. The summed E-state index contributed by atoms with van der Waals surface area (Å²) in [5.74, 6) is -2.38. The summed E-state index contributed by atoms with van der Waals surface area (Å²) in [6.45, 7) is -0.593. The van der Waals surface area contributed by atoms with E-state index in [1.807, 2.05) is 0 Å². The summed E-state index contributed by atoms with van der Waals surface area (Å²) in [7, 11) is 0. The average molecular weight is 381 g/mol. The van der Waals surface area contributed by atoms with Crippen molar-refractivity contribution in [3.8, 4) is 17.0 Å². The number of carboxylic acids is 1. The third-order valence-corrected chi connectivity index (χ3v) is 3.75. The molecule has 128 valence electrons. The first kappa shape index (κ1) is 17.0. The first-order valence-corrected chi connectivity index (χ1v) is 7.64. The molecule has 0 unspecified atom stereocenters. The number of rotatable bonds is 4. The summed E-state index contributed by atoms with van der Waals surface area (Å²) in [6, 6.07) is 6.10. The van der Waals surface area contributed by atoms with Crippen LogP contribution in [-0.4, -0.2) is 43.2 Å². The van der Waals surface area contributed by atoms with Crippen LogP contribution in [0.3, 0.4) is 0 Å². The number of aliphatic carboxylic acids is 1. The molecule has 0 aliphatic carbocycles. The quantitative estimate of drug-likeness (QED) is 0.638. The normalized spacial score (nSPS) is 10.8. The molecule has 0 spiro atoms. The molecular formula is C15H10Cl2N4O4. The number of fused-ring (bicyclic) bond motifs is 1. The number of aromatic hydroxyl groups is 1. The Hall–Kier alpha value is -2.84. The van der Waals surface area contributed by atoms with Gasteiger partial charge in [0.1, 0.15) is 24.2 Å². The van der Waals surface area contributed by atoms with Crippen molar-refractivity contribution in [1.82, 2.24) is 19.9 Å². The lowest BCUT2D eigenvalue weighted by Gasteiger charge is -2.11. The van der Waals surface area contributed by atoms with Crippen molar-refractivity contribution >= 4 is 40.7 Å². The van der Waals surface area contributed by atoms with Gasteiger partial charge in [-0.2, -0.15) is 5.10 Å². The lowest BCUT2D eigenvalue weighted by Crippen LogP contribution is -2.29. The van der Waals surface area contributed by atoms with Gasteiger partial charge in [-0.05, 0) is 18.2 Å². The van der Waals surface area contributed by atoms with Gasteiger partial charge in [0.2, 0.25) is 0 Å². The molecule has 0 atom stereocenters. The highest BCUT2D eigenvalue weighted by Crippen LogP contribution is 2.32. The molecule has 3 aromatic rings. The number of hydrogen-bond donors (Lipinski definition) is 3. The maximum absolute atomic E-state index is 12.2. The minimum absolute atomic E-state index is 0.0639. The van der Waals surface area contributed by atoms with Crippen LogP contribution in [0.25, 0.3) is 16.9 Å². The van der Waals surface area contributed by atoms with Gasteiger partial charge in [-0.25, -0.2) is 9.50 Å². The molecule has 1 amide bonds. The molecule has 1 aromatic carbocycles. The van der Waals surface area contributed by atoms with Crippen LogP contribution >= 0.6 is 23.2 Å². The predicted octanol–water partition coefficient (Wildman–Crippen LogP) is 2.22. The molecule has 3 N–H and O–H groups in total. The standard InChI is InChI=1S/C15H10Cl2N4O4/c16-8-1-7(2-9(17)3-8)10-4-11(22)13(14-19-6-20-21(10)14)15(25)18-5-12(23)24/h1-4,6,22H,5H2,(H,18,25)(H,23,24). The zero-order valence-corrected chi connectivity index (χ0v) is 13.9. The molecule has 0 aliphatic heterocycles. The van der Waals surface area contributed by atoms with Crippen molar-refractivity contribution in [1.29, 1.82) is 0 Å². The molecular weight excluding hydrogens is 371 g/mol. The van der Waals surface area contributed by atoms with Crippen molar-refractivity contribution in [3.63, 3.8) is 0 Å². The van der Waals surface area contributed by atoms with E-state index in [2.05, 4.69) is 15.4 Å². The number of benzene rings is 1. The highest BCUT2D eigenvalue weighted by Gasteiger charge is 2.21. The van der Waals surface area contributed by atoms with Gasteiger partial charge in [-0.1, -0.05) is 23.2 Å². The van der Waals surface area contributed by atoms with Gasteiger partial charge in [0.25, 0.3) is 5.91 Å². The first-order chi connectivity index (χ1) is 11.9. The zero-order chi connectivity index (χ0) is 18.1. The van der Waals surface area contributed by atoms with Crippen LogP contribution in [0.2, 0.25) is 10.0 Å². The molecule has 25 heavy (non-hydrogen) atoms. The Balaban J connectivity index is 2.15. The fourth-order valence-electron chi connectivity index (χ4n) is 2.34. The van der Waals surface area contributed by atoms with Crippen LogP contribution < -0.4 is 5.32 Å². The SMILES string of the molecule is O=C(O)CNC(=O)c1c(O)cc(-c2cc(Cl)cc(Cl)c2)n2ncnc12. The third kappa shape index (κ3) is 3.35. The van der Waals surface area contributed by atoms with E-state index in [-0.39, 0.29) is 17.0 Å². The van der Waals surface area contributed by atoms with E-state index in [0.29, 0.717) is 21.3 Å². The number of nitrogens with zero attached hydrogens (tertiary/aromatic N) is 3. The largest absolute Gasteiger partial charge is 0.507 e. The average Bonchev–Trinajstić information content (AvgIpc) is 2.99.